The third kappa shape index (κ3) is 5.77. The van der Waals surface area contributed by atoms with E-state index in [2.05, 4.69) is 29.5 Å². The van der Waals surface area contributed by atoms with Crippen LogP contribution >= 0.6 is 34.8 Å². The molecule has 2 aromatic rings. The maximum Gasteiger partial charge on any atom is 0.321 e. The summed E-state index contributed by atoms with van der Waals surface area (Å²) in [4.78, 5) is 21.2. The number of aliphatic imine (C=N–C) groups is 1. The Kier molecular flexibility index (Phi) is 8.08. The molecule has 0 radical (unpaired) electrons. The average molecular weight is 494 g/mol. The van der Waals surface area contributed by atoms with Gasteiger partial charge in [-0.05, 0) is 42.3 Å². The number of guanidine groups is 1. The normalized spacial score (nSPS) is 16.7. The largest absolute Gasteiger partial charge is 0.335 e. The molecular formula is C22H23Cl3N6O. The molecule has 2 amide bonds. The van der Waals surface area contributed by atoms with E-state index in [4.69, 9.17) is 34.8 Å². The van der Waals surface area contributed by atoms with Gasteiger partial charge in [-0.25, -0.2) is 9.79 Å². The lowest BCUT2D eigenvalue weighted by Crippen LogP contribution is -2.60. The Bertz CT molecular complexity index is 1030. The summed E-state index contributed by atoms with van der Waals surface area (Å²) in [6, 6.07) is 11.9. The van der Waals surface area contributed by atoms with E-state index < -0.39 is 0 Å². The maximum absolute atomic E-state index is 12.8. The number of carbonyl (C=O) groups is 1. The third-order valence-corrected chi connectivity index (χ3v) is 6.23. The topological polar surface area (TPSA) is 83.8 Å². The first-order chi connectivity index (χ1) is 15.3. The SMILES string of the molecule is CC(C)C1CN(C(=O)Nc2ccc(Cl)cc2)CCN1C(=Nc1cccc(Cl)c1Cl)NC#N. The van der Waals surface area contributed by atoms with E-state index in [-0.39, 0.29) is 18.0 Å². The number of urea groups is 1. The molecule has 0 aromatic heterocycles. The second-order valence-corrected chi connectivity index (χ2v) is 8.85. The summed E-state index contributed by atoms with van der Waals surface area (Å²) >= 11 is 18.3. The van der Waals surface area contributed by atoms with E-state index in [1.54, 1.807) is 47.4 Å². The van der Waals surface area contributed by atoms with Crippen LogP contribution in [0.25, 0.3) is 0 Å². The second-order valence-electron chi connectivity index (χ2n) is 7.63. The Morgan fingerprint density at radius 3 is 2.53 bits per heavy atom. The van der Waals surface area contributed by atoms with Crippen LogP contribution in [0, 0.1) is 17.4 Å². The Balaban J connectivity index is 1.80. The zero-order valence-corrected chi connectivity index (χ0v) is 19.9. The highest BCUT2D eigenvalue weighted by Crippen LogP contribution is 2.32. The van der Waals surface area contributed by atoms with Gasteiger partial charge in [0.1, 0.15) is 0 Å². The molecule has 7 nitrogen and oxygen atoms in total. The molecule has 1 heterocycles. The van der Waals surface area contributed by atoms with Gasteiger partial charge in [-0.15, -0.1) is 0 Å². The van der Waals surface area contributed by atoms with Crippen molar-refractivity contribution in [2.45, 2.75) is 19.9 Å². The molecular weight excluding hydrogens is 471 g/mol. The van der Waals surface area contributed by atoms with Crippen molar-refractivity contribution in [3.8, 4) is 6.19 Å². The monoisotopic (exact) mass is 492 g/mol. The molecule has 1 saturated heterocycles. The van der Waals surface area contributed by atoms with E-state index in [1.165, 1.54) is 0 Å². The molecule has 10 heteroatoms. The van der Waals surface area contributed by atoms with Crippen molar-refractivity contribution >= 4 is 58.2 Å². The molecule has 1 atom stereocenters. The Morgan fingerprint density at radius 1 is 1.16 bits per heavy atom. The van der Waals surface area contributed by atoms with Gasteiger partial charge in [-0.1, -0.05) is 54.7 Å². The molecule has 3 rings (SSSR count). The van der Waals surface area contributed by atoms with Gasteiger partial charge < -0.3 is 15.1 Å². The van der Waals surface area contributed by atoms with Crippen LogP contribution in [0.1, 0.15) is 13.8 Å². The molecule has 1 unspecified atom stereocenters. The first kappa shape index (κ1) is 24.0. The molecule has 0 bridgehead atoms. The Hall–Kier alpha value is -2.66. The molecule has 0 aliphatic carbocycles. The number of piperazine rings is 1. The van der Waals surface area contributed by atoms with Gasteiger partial charge in [0.2, 0.25) is 5.96 Å². The lowest BCUT2D eigenvalue weighted by atomic mass is 10.00. The minimum Gasteiger partial charge on any atom is -0.335 e. The number of nitrogens with zero attached hydrogens (tertiary/aromatic N) is 4. The number of hydrogen-bond acceptors (Lipinski definition) is 3. The number of anilines is 1. The van der Waals surface area contributed by atoms with Crippen molar-refractivity contribution in [2.24, 2.45) is 10.9 Å². The standard InChI is InChI=1S/C22H23Cl3N6O/c1-14(2)19-12-30(22(32)28-16-8-6-15(23)7-9-16)10-11-31(19)21(27-13-26)29-18-5-3-4-17(24)20(18)25/h3-9,14,19H,10-12H2,1-2H3,(H,27,29)(H,28,32). The minimum absolute atomic E-state index is 0.0720. The van der Waals surface area contributed by atoms with E-state index in [9.17, 15) is 10.1 Å². The van der Waals surface area contributed by atoms with E-state index in [0.29, 0.717) is 52.0 Å². The molecule has 1 fully saturated rings. The van der Waals surface area contributed by atoms with Crippen LogP contribution in [0.2, 0.25) is 15.1 Å². The van der Waals surface area contributed by atoms with Crippen molar-refractivity contribution in [3.63, 3.8) is 0 Å². The van der Waals surface area contributed by atoms with Crippen molar-refractivity contribution in [3.05, 3.63) is 57.5 Å². The summed E-state index contributed by atoms with van der Waals surface area (Å²) in [5.74, 6) is 0.551. The number of benzene rings is 2. The summed E-state index contributed by atoms with van der Waals surface area (Å²) in [7, 11) is 0. The molecule has 168 valence electrons. The van der Waals surface area contributed by atoms with Crippen molar-refractivity contribution < 1.29 is 4.79 Å². The Labute approximate surface area is 202 Å². The smallest absolute Gasteiger partial charge is 0.321 e. The zero-order chi connectivity index (χ0) is 23.3. The van der Waals surface area contributed by atoms with E-state index in [0.717, 1.165) is 0 Å². The molecule has 1 aliphatic rings. The number of rotatable bonds is 3. The molecule has 2 N–H and O–H groups in total. The Morgan fingerprint density at radius 2 is 1.88 bits per heavy atom. The minimum atomic E-state index is -0.192. The highest BCUT2D eigenvalue weighted by molar-refractivity contribution is 6.43. The highest BCUT2D eigenvalue weighted by Gasteiger charge is 2.33. The lowest BCUT2D eigenvalue weighted by Gasteiger charge is -2.44. The van der Waals surface area contributed by atoms with Crippen molar-refractivity contribution in [1.82, 2.24) is 15.1 Å². The van der Waals surface area contributed by atoms with Crippen LogP contribution < -0.4 is 10.6 Å². The average Bonchev–Trinajstić information content (AvgIpc) is 2.77. The first-order valence-corrected chi connectivity index (χ1v) is 11.2. The van der Waals surface area contributed by atoms with Gasteiger partial charge in [0.05, 0.1) is 21.8 Å². The molecule has 0 spiro atoms. The lowest BCUT2D eigenvalue weighted by molar-refractivity contribution is 0.118. The number of nitrogens with one attached hydrogen (secondary N) is 2. The van der Waals surface area contributed by atoms with Crippen molar-refractivity contribution in [2.75, 3.05) is 25.0 Å². The number of hydrogen-bond donors (Lipinski definition) is 2. The first-order valence-electron chi connectivity index (χ1n) is 10.1. The summed E-state index contributed by atoms with van der Waals surface area (Å²) in [5, 5.41) is 16.2. The van der Waals surface area contributed by atoms with Crippen LogP contribution in [0.3, 0.4) is 0 Å². The fourth-order valence-corrected chi connectivity index (χ4v) is 3.93. The van der Waals surface area contributed by atoms with E-state index >= 15 is 0 Å². The van der Waals surface area contributed by atoms with Crippen LogP contribution in [0.15, 0.2) is 47.5 Å². The number of carbonyl (C=O) groups excluding carboxylic acids is 1. The predicted molar refractivity (Wildman–Crippen MR) is 130 cm³/mol. The molecule has 1 aliphatic heterocycles. The van der Waals surface area contributed by atoms with Gasteiger partial charge >= 0.3 is 6.03 Å². The van der Waals surface area contributed by atoms with Crippen molar-refractivity contribution in [1.29, 1.82) is 5.26 Å². The van der Waals surface area contributed by atoms with Gasteiger partial charge in [0.15, 0.2) is 6.19 Å². The summed E-state index contributed by atoms with van der Waals surface area (Å²) < 4.78 is 0. The highest BCUT2D eigenvalue weighted by atomic mass is 35.5. The summed E-state index contributed by atoms with van der Waals surface area (Å²) in [5.41, 5.74) is 1.13. The molecule has 0 saturated carbocycles. The van der Waals surface area contributed by atoms with Gasteiger partial charge in [-0.3, -0.25) is 5.32 Å². The fourth-order valence-electron chi connectivity index (χ4n) is 3.47. The van der Waals surface area contributed by atoms with Crippen LogP contribution in [0.5, 0.6) is 0 Å². The summed E-state index contributed by atoms with van der Waals surface area (Å²) in [6.45, 7) is 5.54. The summed E-state index contributed by atoms with van der Waals surface area (Å²) in [6.07, 6.45) is 1.95. The molecule has 2 aromatic carbocycles. The fraction of sp³-hybridized carbons (Fsp3) is 0.318. The number of halogens is 3. The van der Waals surface area contributed by atoms with Crippen LogP contribution in [-0.4, -0.2) is 47.5 Å². The van der Waals surface area contributed by atoms with Crippen LogP contribution in [-0.2, 0) is 0 Å². The van der Waals surface area contributed by atoms with Crippen LogP contribution in [0.4, 0.5) is 16.2 Å². The van der Waals surface area contributed by atoms with E-state index in [1.807, 2.05) is 11.1 Å². The predicted octanol–water partition coefficient (Wildman–Crippen LogP) is 5.58. The third-order valence-electron chi connectivity index (χ3n) is 5.17. The number of nitriles is 1. The molecule has 32 heavy (non-hydrogen) atoms. The second kappa shape index (κ2) is 10.8. The quantitative estimate of drug-likeness (QED) is 0.253. The number of amides is 2. The maximum atomic E-state index is 12.8. The zero-order valence-electron chi connectivity index (χ0n) is 17.6. The van der Waals surface area contributed by atoms with Gasteiger partial charge in [0.25, 0.3) is 0 Å². The van der Waals surface area contributed by atoms with Gasteiger partial charge in [0, 0.05) is 30.3 Å². The van der Waals surface area contributed by atoms with Gasteiger partial charge in [-0.2, -0.15) is 5.26 Å².